The molecule has 6 heteroatoms. The van der Waals surface area contributed by atoms with E-state index in [-0.39, 0.29) is 18.4 Å². The number of hydrogen-bond donors (Lipinski definition) is 2. The Morgan fingerprint density at radius 1 is 1.56 bits per heavy atom. The molecule has 0 unspecified atom stereocenters. The highest BCUT2D eigenvalue weighted by molar-refractivity contribution is 6.00. The van der Waals surface area contributed by atoms with Crippen LogP contribution in [0.3, 0.4) is 0 Å². The standard InChI is InChI=1S/C12H15N3O3/c1-14-11(16)7-3-4-9-10(5-7)18-6-8(13)12(17)15(9)2/h3-5,8H,6,13H2,1-2H3,(H,14,16)/t8-/m0/s1. The Morgan fingerprint density at radius 2 is 2.28 bits per heavy atom. The Bertz CT molecular complexity index is 501. The molecule has 0 bridgehead atoms. The smallest absolute Gasteiger partial charge is 0.251 e. The van der Waals surface area contributed by atoms with Gasteiger partial charge in [0.25, 0.3) is 5.91 Å². The van der Waals surface area contributed by atoms with Crippen LogP contribution in [0.4, 0.5) is 5.69 Å². The van der Waals surface area contributed by atoms with Gasteiger partial charge in [0.05, 0.1) is 5.69 Å². The third-order valence-electron chi connectivity index (χ3n) is 2.88. The minimum absolute atomic E-state index is 0.105. The summed E-state index contributed by atoms with van der Waals surface area (Å²) >= 11 is 0. The maximum atomic E-state index is 11.8. The number of nitrogens with one attached hydrogen (secondary N) is 1. The van der Waals surface area contributed by atoms with Crippen LogP contribution >= 0.6 is 0 Å². The Kier molecular flexibility index (Phi) is 3.20. The summed E-state index contributed by atoms with van der Waals surface area (Å²) in [7, 11) is 3.19. The van der Waals surface area contributed by atoms with Gasteiger partial charge in [0.2, 0.25) is 5.91 Å². The number of nitrogens with zero attached hydrogens (tertiary/aromatic N) is 1. The van der Waals surface area contributed by atoms with Crippen LogP contribution in [0.25, 0.3) is 0 Å². The first kappa shape index (κ1) is 12.4. The lowest BCUT2D eigenvalue weighted by molar-refractivity contribution is -0.119. The van der Waals surface area contributed by atoms with Gasteiger partial charge in [-0.25, -0.2) is 0 Å². The maximum Gasteiger partial charge on any atom is 0.251 e. The summed E-state index contributed by atoms with van der Waals surface area (Å²) in [6, 6.07) is 4.24. The Hall–Kier alpha value is -2.08. The number of ether oxygens (including phenoxy) is 1. The molecule has 1 atom stereocenters. The molecule has 1 heterocycles. The Labute approximate surface area is 105 Å². The number of nitrogens with two attached hydrogens (primary N) is 1. The summed E-state index contributed by atoms with van der Waals surface area (Å²) in [4.78, 5) is 24.8. The van der Waals surface area contributed by atoms with Crippen LogP contribution in [0.5, 0.6) is 5.75 Å². The molecule has 0 saturated heterocycles. The fourth-order valence-corrected chi connectivity index (χ4v) is 1.81. The van der Waals surface area contributed by atoms with E-state index < -0.39 is 6.04 Å². The first-order chi connectivity index (χ1) is 8.54. The van der Waals surface area contributed by atoms with Gasteiger partial charge in [0.15, 0.2) is 0 Å². The summed E-state index contributed by atoms with van der Waals surface area (Å²) in [5.41, 5.74) is 6.77. The average molecular weight is 249 g/mol. The van der Waals surface area contributed by atoms with Crippen LogP contribution in [0.15, 0.2) is 18.2 Å². The summed E-state index contributed by atoms with van der Waals surface area (Å²) in [5, 5.41) is 2.53. The molecule has 0 spiro atoms. The fraction of sp³-hybridized carbons (Fsp3) is 0.333. The maximum absolute atomic E-state index is 11.8. The molecule has 0 aromatic heterocycles. The molecule has 2 rings (SSSR count). The molecule has 18 heavy (non-hydrogen) atoms. The van der Waals surface area contributed by atoms with Gasteiger partial charge in [-0.3, -0.25) is 9.59 Å². The van der Waals surface area contributed by atoms with E-state index in [0.29, 0.717) is 17.0 Å². The number of benzene rings is 1. The normalized spacial score (nSPS) is 18.7. The molecule has 0 saturated carbocycles. The highest BCUT2D eigenvalue weighted by atomic mass is 16.5. The van der Waals surface area contributed by atoms with E-state index in [9.17, 15) is 9.59 Å². The van der Waals surface area contributed by atoms with Crippen molar-refractivity contribution in [3.05, 3.63) is 23.8 Å². The molecule has 1 aliphatic rings. The number of anilines is 1. The number of carbonyl (C=O) groups excluding carboxylic acids is 2. The van der Waals surface area contributed by atoms with E-state index in [1.165, 1.54) is 4.90 Å². The van der Waals surface area contributed by atoms with Crippen molar-refractivity contribution < 1.29 is 14.3 Å². The zero-order valence-corrected chi connectivity index (χ0v) is 10.3. The van der Waals surface area contributed by atoms with Crippen molar-refractivity contribution in [1.82, 2.24) is 5.32 Å². The van der Waals surface area contributed by atoms with Crippen molar-refractivity contribution >= 4 is 17.5 Å². The van der Waals surface area contributed by atoms with Gasteiger partial charge in [-0.05, 0) is 18.2 Å². The van der Waals surface area contributed by atoms with Crippen molar-refractivity contribution in [3.8, 4) is 5.75 Å². The average Bonchev–Trinajstić information content (AvgIpc) is 2.50. The molecule has 0 aliphatic carbocycles. The molecule has 0 fully saturated rings. The molecule has 3 N–H and O–H groups in total. The number of carbonyl (C=O) groups is 2. The number of fused-ring (bicyclic) bond motifs is 1. The van der Waals surface area contributed by atoms with E-state index in [0.717, 1.165) is 0 Å². The quantitative estimate of drug-likeness (QED) is 0.717. The van der Waals surface area contributed by atoms with Crippen molar-refractivity contribution in [3.63, 3.8) is 0 Å². The number of hydrogen-bond acceptors (Lipinski definition) is 4. The number of rotatable bonds is 1. The van der Waals surface area contributed by atoms with Crippen LogP contribution in [0, 0.1) is 0 Å². The molecule has 1 aliphatic heterocycles. The predicted molar refractivity (Wildman–Crippen MR) is 66.7 cm³/mol. The summed E-state index contributed by atoms with van der Waals surface area (Å²) in [6.45, 7) is 0.105. The van der Waals surface area contributed by atoms with Crippen LogP contribution in [-0.2, 0) is 4.79 Å². The van der Waals surface area contributed by atoms with E-state index in [1.54, 1.807) is 32.3 Å². The van der Waals surface area contributed by atoms with E-state index >= 15 is 0 Å². The molecule has 2 amide bonds. The minimum atomic E-state index is -0.689. The molecule has 0 radical (unpaired) electrons. The predicted octanol–water partition coefficient (Wildman–Crippen LogP) is -0.271. The topological polar surface area (TPSA) is 84.7 Å². The Morgan fingerprint density at radius 3 is 2.94 bits per heavy atom. The van der Waals surface area contributed by atoms with Crippen LogP contribution in [-0.4, -0.2) is 38.6 Å². The second-order valence-corrected chi connectivity index (χ2v) is 4.08. The van der Waals surface area contributed by atoms with E-state index in [4.69, 9.17) is 10.5 Å². The zero-order chi connectivity index (χ0) is 13.3. The van der Waals surface area contributed by atoms with Gasteiger partial charge in [-0.1, -0.05) is 0 Å². The second kappa shape index (κ2) is 4.66. The molecular weight excluding hydrogens is 234 g/mol. The summed E-state index contributed by atoms with van der Waals surface area (Å²) < 4.78 is 5.47. The largest absolute Gasteiger partial charge is 0.489 e. The first-order valence-electron chi connectivity index (χ1n) is 5.56. The number of likely N-dealkylation sites (N-methyl/N-ethyl adjacent to an activating group) is 1. The van der Waals surface area contributed by atoms with Gasteiger partial charge >= 0.3 is 0 Å². The van der Waals surface area contributed by atoms with Gasteiger partial charge < -0.3 is 20.7 Å². The SMILES string of the molecule is CNC(=O)c1ccc2c(c1)OC[C@H](N)C(=O)N2C. The van der Waals surface area contributed by atoms with Crippen molar-refractivity contribution in [2.75, 3.05) is 25.6 Å². The second-order valence-electron chi connectivity index (χ2n) is 4.08. The summed E-state index contributed by atoms with van der Waals surface area (Å²) in [5.74, 6) is 0.0743. The number of amides is 2. The van der Waals surface area contributed by atoms with Crippen LogP contribution in [0.1, 0.15) is 10.4 Å². The lowest BCUT2D eigenvalue weighted by Gasteiger charge is -2.17. The van der Waals surface area contributed by atoms with Crippen molar-refractivity contribution in [1.29, 1.82) is 0 Å². The molecule has 1 aromatic carbocycles. The minimum Gasteiger partial charge on any atom is -0.489 e. The monoisotopic (exact) mass is 249 g/mol. The lowest BCUT2D eigenvalue weighted by Crippen LogP contribution is -2.43. The lowest BCUT2D eigenvalue weighted by atomic mass is 10.1. The van der Waals surface area contributed by atoms with Crippen LogP contribution in [0.2, 0.25) is 0 Å². The highest BCUT2D eigenvalue weighted by Gasteiger charge is 2.26. The van der Waals surface area contributed by atoms with Crippen LogP contribution < -0.4 is 20.7 Å². The molecule has 96 valence electrons. The zero-order valence-electron chi connectivity index (χ0n) is 10.3. The third-order valence-corrected chi connectivity index (χ3v) is 2.88. The first-order valence-corrected chi connectivity index (χ1v) is 5.56. The summed E-state index contributed by atoms with van der Waals surface area (Å²) in [6.07, 6.45) is 0. The molecule has 1 aromatic rings. The van der Waals surface area contributed by atoms with E-state index in [2.05, 4.69) is 5.32 Å². The molecule has 6 nitrogen and oxygen atoms in total. The van der Waals surface area contributed by atoms with Gasteiger partial charge in [0.1, 0.15) is 18.4 Å². The fourth-order valence-electron chi connectivity index (χ4n) is 1.81. The highest BCUT2D eigenvalue weighted by Crippen LogP contribution is 2.31. The van der Waals surface area contributed by atoms with Gasteiger partial charge in [-0.2, -0.15) is 0 Å². The van der Waals surface area contributed by atoms with Gasteiger partial charge in [0, 0.05) is 19.7 Å². The van der Waals surface area contributed by atoms with E-state index in [1.807, 2.05) is 0 Å². The Balaban J connectivity index is 2.43. The van der Waals surface area contributed by atoms with Crippen molar-refractivity contribution in [2.24, 2.45) is 5.73 Å². The van der Waals surface area contributed by atoms with Crippen molar-refractivity contribution in [2.45, 2.75) is 6.04 Å². The third kappa shape index (κ3) is 2.02. The van der Waals surface area contributed by atoms with Gasteiger partial charge in [-0.15, -0.1) is 0 Å². The molecular formula is C12H15N3O3.